The maximum Gasteiger partial charge on any atom is 0.141 e. The van der Waals surface area contributed by atoms with Crippen LogP contribution in [0.4, 0.5) is 4.39 Å². The van der Waals surface area contributed by atoms with E-state index in [1.807, 2.05) is 0 Å². The topological polar surface area (TPSA) is 21.3 Å². The van der Waals surface area contributed by atoms with Crippen molar-refractivity contribution in [2.75, 3.05) is 7.11 Å². The predicted molar refractivity (Wildman–Crippen MR) is 79.1 cm³/mol. The number of methoxy groups -OCH3 is 1. The minimum atomic E-state index is -0.385. The maximum atomic E-state index is 13.0. The van der Waals surface area contributed by atoms with Crippen molar-refractivity contribution >= 4 is 11.6 Å². The molecule has 2 aromatic rings. The molecule has 0 saturated heterocycles. The third kappa shape index (κ3) is 4.30. The molecule has 0 aliphatic carbocycles. The largest absolute Gasteiger partial charge is 0.380 e. The Labute approximate surface area is 123 Å². The zero-order valence-corrected chi connectivity index (χ0v) is 12.1. The van der Waals surface area contributed by atoms with Gasteiger partial charge >= 0.3 is 0 Å². The van der Waals surface area contributed by atoms with Crippen molar-refractivity contribution in [3.63, 3.8) is 0 Å². The van der Waals surface area contributed by atoms with Gasteiger partial charge in [0.05, 0.1) is 11.6 Å². The number of nitrogens with one attached hydrogen (secondary N) is 1. The summed E-state index contributed by atoms with van der Waals surface area (Å²) < 4.78 is 18.1. The highest BCUT2D eigenvalue weighted by molar-refractivity contribution is 6.30. The number of hydrogen-bond donors (Lipinski definition) is 1. The highest BCUT2D eigenvalue weighted by Crippen LogP contribution is 2.16. The van der Waals surface area contributed by atoms with Crippen LogP contribution >= 0.6 is 11.6 Å². The van der Waals surface area contributed by atoms with Gasteiger partial charge in [0, 0.05) is 20.2 Å². The fourth-order valence-corrected chi connectivity index (χ4v) is 2.12. The van der Waals surface area contributed by atoms with Gasteiger partial charge in [-0.15, -0.1) is 0 Å². The van der Waals surface area contributed by atoms with Crippen LogP contribution in [-0.2, 0) is 24.4 Å². The molecule has 0 spiro atoms. The smallest absolute Gasteiger partial charge is 0.141 e. The fourth-order valence-electron chi connectivity index (χ4n) is 1.92. The van der Waals surface area contributed by atoms with Crippen molar-refractivity contribution in [3.05, 3.63) is 70.0 Å². The third-order valence-corrected chi connectivity index (χ3v) is 3.27. The zero-order valence-electron chi connectivity index (χ0n) is 11.3. The molecular formula is C16H17ClFNO. The standard InChI is InChI=1S/C16H17ClFNO/c1-20-11-13-4-2-12(3-5-13)9-19-10-14-6-7-16(18)15(17)8-14/h2-8,19H,9-11H2,1H3. The van der Waals surface area contributed by atoms with Gasteiger partial charge in [0.25, 0.3) is 0 Å². The summed E-state index contributed by atoms with van der Waals surface area (Å²) in [6, 6.07) is 13.0. The Kier molecular flexibility index (Phi) is 5.53. The lowest BCUT2D eigenvalue weighted by Crippen LogP contribution is -2.12. The predicted octanol–water partition coefficient (Wildman–Crippen LogP) is 3.92. The van der Waals surface area contributed by atoms with Gasteiger partial charge in [-0.05, 0) is 28.8 Å². The molecule has 0 bridgehead atoms. The van der Waals surface area contributed by atoms with E-state index >= 15 is 0 Å². The van der Waals surface area contributed by atoms with Gasteiger partial charge < -0.3 is 10.1 Å². The number of benzene rings is 2. The molecule has 106 valence electrons. The molecule has 0 atom stereocenters. The van der Waals surface area contributed by atoms with E-state index in [4.69, 9.17) is 16.3 Å². The molecule has 0 fully saturated rings. The second-order valence-corrected chi connectivity index (χ2v) is 5.01. The van der Waals surface area contributed by atoms with E-state index in [-0.39, 0.29) is 10.8 Å². The van der Waals surface area contributed by atoms with Gasteiger partial charge in [0.15, 0.2) is 0 Å². The zero-order chi connectivity index (χ0) is 14.4. The summed E-state index contributed by atoms with van der Waals surface area (Å²) in [5.74, 6) is -0.385. The Morgan fingerprint density at radius 3 is 2.25 bits per heavy atom. The van der Waals surface area contributed by atoms with Crippen molar-refractivity contribution in [1.29, 1.82) is 0 Å². The van der Waals surface area contributed by atoms with Crippen LogP contribution in [0.15, 0.2) is 42.5 Å². The fraction of sp³-hybridized carbons (Fsp3) is 0.250. The maximum absolute atomic E-state index is 13.0. The first-order valence-electron chi connectivity index (χ1n) is 6.40. The molecule has 20 heavy (non-hydrogen) atoms. The first-order chi connectivity index (χ1) is 9.69. The Morgan fingerprint density at radius 2 is 1.60 bits per heavy atom. The lowest BCUT2D eigenvalue weighted by atomic mass is 10.1. The molecule has 0 aliphatic heterocycles. The van der Waals surface area contributed by atoms with Gasteiger partial charge in [-0.2, -0.15) is 0 Å². The lowest BCUT2D eigenvalue weighted by molar-refractivity contribution is 0.185. The second-order valence-electron chi connectivity index (χ2n) is 4.60. The first kappa shape index (κ1) is 15.0. The van der Waals surface area contributed by atoms with Crippen LogP contribution in [0, 0.1) is 5.82 Å². The molecule has 2 rings (SSSR count). The quantitative estimate of drug-likeness (QED) is 0.872. The summed E-state index contributed by atoms with van der Waals surface area (Å²) in [5.41, 5.74) is 3.31. The second kappa shape index (κ2) is 7.39. The molecule has 2 nitrogen and oxygen atoms in total. The Morgan fingerprint density at radius 1 is 1.00 bits per heavy atom. The van der Waals surface area contributed by atoms with Gasteiger partial charge in [0.2, 0.25) is 0 Å². The van der Waals surface area contributed by atoms with Gasteiger partial charge in [0.1, 0.15) is 5.82 Å². The minimum absolute atomic E-state index is 0.160. The van der Waals surface area contributed by atoms with Crippen molar-refractivity contribution < 1.29 is 9.13 Å². The van der Waals surface area contributed by atoms with E-state index in [2.05, 4.69) is 29.6 Å². The molecule has 2 aromatic carbocycles. The van der Waals surface area contributed by atoms with Crippen LogP contribution < -0.4 is 5.32 Å². The monoisotopic (exact) mass is 293 g/mol. The molecule has 0 aliphatic rings. The highest BCUT2D eigenvalue weighted by Gasteiger charge is 2.01. The molecule has 0 radical (unpaired) electrons. The van der Waals surface area contributed by atoms with E-state index < -0.39 is 0 Å². The third-order valence-electron chi connectivity index (χ3n) is 2.98. The first-order valence-corrected chi connectivity index (χ1v) is 6.78. The van der Waals surface area contributed by atoms with Crippen LogP contribution in [0.1, 0.15) is 16.7 Å². The molecule has 0 heterocycles. The number of hydrogen-bond acceptors (Lipinski definition) is 2. The van der Waals surface area contributed by atoms with E-state index in [0.29, 0.717) is 13.2 Å². The summed E-state index contributed by atoms with van der Waals surface area (Å²) in [6.07, 6.45) is 0. The van der Waals surface area contributed by atoms with E-state index in [9.17, 15) is 4.39 Å². The summed E-state index contributed by atoms with van der Waals surface area (Å²) >= 11 is 5.74. The van der Waals surface area contributed by atoms with Crippen LogP contribution in [0.25, 0.3) is 0 Å². The Bertz CT molecular complexity index is 557. The van der Waals surface area contributed by atoms with Crippen LogP contribution in [0.5, 0.6) is 0 Å². The van der Waals surface area contributed by atoms with Crippen molar-refractivity contribution in [3.8, 4) is 0 Å². The Balaban J connectivity index is 1.84. The number of rotatable bonds is 6. The van der Waals surface area contributed by atoms with E-state index in [1.165, 1.54) is 11.6 Å². The lowest BCUT2D eigenvalue weighted by Gasteiger charge is -2.07. The normalized spacial score (nSPS) is 10.8. The van der Waals surface area contributed by atoms with Crippen LogP contribution in [0.2, 0.25) is 5.02 Å². The molecule has 0 amide bonds. The molecule has 4 heteroatoms. The van der Waals surface area contributed by atoms with Crippen molar-refractivity contribution in [2.45, 2.75) is 19.7 Å². The van der Waals surface area contributed by atoms with Crippen LogP contribution in [-0.4, -0.2) is 7.11 Å². The van der Waals surface area contributed by atoms with Crippen molar-refractivity contribution in [2.24, 2.45) is 0 Å². The molecular weight excluding hydrogens is 277 g/mol. The number of ether oxygens (including phenoxy) is 1. The minimum Gasteiger partial charge on any atom is -0.380 e. The Hall–Kier alpha value is -1.42. The van der Waals surface area contributed by atoms with Crippen LogP contribution in [0.3, 0.4) is 0 Å². The molecule has 0 aromatic heterocycles. The molecule has 1 N–H and O–H groups in total. The van der Waals surface area contributed by atoms with Gasteiger partial charge in [-0.25, -0.2) is 4.39 Å². The van der Waals surface area contributed by atoms with Gasteiger partial charge in [-0.1, -0.05) is 41.9 Å². The number of halogens is 2. The highest BCUT2D eigenvalue weighted by atomic mass is 35.5. The molecule has 0 saturated carbocycles. The SMILES string of the molecule is COCc1ccc(CNCc2ccc(F)c(Cl)c2)cc1. The van der Waals surface area contributed by atoms with Gasteiger partial charge in [-0.3, -0.25) is 0 Å². The summed E-state index contributed by atoms with van der Waals surface area (Å²) in [5, 5.41) is 3.46. The van der Waals surface area contributed by atoms with E-state index in [1.54, 1.807) is 19.2 Å². The van der Waals surface area contributed by atoms with E-state index in [0.717, 1.165) is 17.7 Å². The summed E-state index contributed by atoms with van der Waals surface area (Å²) in [6.45, 7) is 2.03. The molecule has 0 unspecified atom stereocenters. The average molecular weight is 294 g/mol. The summed E-state index contributed by atoms with van der Waals surface area (Å²) in [4.78, 5) is 0. The average Bonchev–Trinajstić information content (AvgIpc) is 2.45. The summed E-state index contributed by atoms with van der Waals surface area (Å²) in [7, 11) is 1.68. The van der Waals surface area contributed by atoms with Crippen molar-refractivity contribution in [1.82, 2.24) is 5.32 Å².